The molecule has 1 unspecified atom stereocenters. The van der Waals surface area contributed by atoms with E-state index in [4.69, 9.17) is 4.74 Å². The minimum atomic E-state index is -0.0276. The topological polar surface area (TPSA) is 63.5 Å². The Morgan fingerprint density at radius 2 is 2.25 bits per heavy atom. The van der Waals surface area contributed by atoms with Crippen molar-refractivity contribution in [1.29, 1.82) is 0 Å². The fourth-order valence-electron chi connectivity index (χ4n) is 2.93. The number of ether oxygens (including phenoxy) is 1. The van der Waals surface area contributed by atoms with Crippen LogP contribution < -0.4 is 9.64 Å². The Labute approximate surface area is 141 Å². The molecule has 3 rings (SSSR count). The van der Waals surface area contributed by atoms with E-state index >= 15 is 0 Å². The van der Waals surface area contributed by atoms with E-state index < -0.39 is 0 Å². The summed E-state index contributed by atoms with van der Waals surface area (Å²) in [6, 6.07) is 8.05. The van der Waals surface area contributed by atoms with Gasteiger partial charge < -0.3 is 14.5 Å². The van der Waals surface area contributed by atoms with Crippen molar-refractivity contribution in [2.75, 3.05) is 31.6 Å². The van der Waals surface area contributed by atoms with Gasteiger partial charge in [0, 0.05) is 20.0 Å². The maximum Gasteiger partial charge on any atom is 0.224 e. The number of fused-ring (bicyclic) bond motifs is 1. The summed E-state index contributed by atoms with van der Waals surface area (Å²) in [7, 11) is 1.82. The lowest BCUT2D eigenvalue weighted by Crippen LogP contribution is -2.46. The number of aryl methyl sites for hydroxylation is 1. The predicted molar refractivity (Wildman–Crippen MR) is 91.0 cm³/mol. The second-order valence-electron chi connectivity index (χ2n) is 5.93. The number of rotatable bonds is 6. The zero-order chi connectivity index (χ0) is 16.9. The van der Waals surface area contributed by atoms with Gasteiger partial charge in [-0.3, -0.25) is 9.48 Å². The molecule has 0 fully saturated rings. The Hall–Kier alpha value is -2.57. The number of carbonyl (C=O) groups is 1. The molecule has 7 heteroatoms. The van der Waals surface area contributed by atoms with E-state index in [1.54, 1.807) is 15.9 Å². The molecule has 128 valence electrons. The number of hydrogen-bond donors (Lipinski definition) is 0. The first-order chi connectivity index (χ1) is 11.7. The number of benzene rings is 1. The summed E-state index contributed by atoms with van der Waals surface area (Å²) in [6.07, 6.45) is 3.47. The highest BCUT2D eigenvalue weighted by atomic mass is 16.5. The molecule has 7 nitrogen and oxygen atoms in total. The molecule has 1 atom stereocenters. The number of carbonyl (C=O) groups excluding carboxylic acids is 1. The largest absolute Gasteiger partial charge is 0.485 e. The van der Waals surface area contributed by atoms with Gasteiger partial charge in [0.05, 0.1) is 25.3 Å². The summed E-state index contributed by atoms with van der Waals surface area (Å²) in [4.78, 5) is 20.2. The van der Waals surface area contributed by atoms with E-state index in [0.29, 0.717) is 19.5 Å². The quantitative estimate of drug-likeness (QED) is 0.802. The molecule has 0 saturated heterocycles. The second-order valence-corrected chi connectivity index (χ2v) is 5.93. The fraction of sp³-hybridized carbons (Fsp3) is 0.471. The highest BCUT2D eigenvalue weighted by molar-refractivity contribution is 5.75. The van der Waals surface area contributed by atoms with Crippen molar-refractivity contribution < 1.29 is 9.53 Å². The van der Waals surface area contributed by atoms with Crippen LogP contribution in [0.1, 0.15) is 13.3 Å². The van der Waals surface area contributed by atoms with Crippen LogP contribution in [0.3, 0.4) is 0 Å². The molecule has 1 aliphatic heterocycles. The first-order valence-electron chi connectivity index (χ1n) is 8.24. The molecule has 1 aliphatic rings. The monoisotopic (exact) mass is 329 g/mol. The molecule has 1 aromatic heterocycles. The van der Waals surface area contributed by atoms with Gasteiger partial charge in [-0.2, -0.15) is 5.10 Å². The molecule has 0 spiro atoms. The van der Waals surface area contributed by atoms with Crippen LogP contribution in [0.4, 0.5) is 5.69 Å². The first-order valence-corrected chi connectivity index (χ1v) is 8.24. The van der Waals surface area contributed by atoms with Crippen molar-refractivity contribution in [3.05, 3.63) is 36.9 Å². The molecule has 24 heavy (non-hydrogen) atoms. The molecule has 2 aromatic rings. The van der Waals surface area contributed by atoms with Crippen molar-refractivity contribution in [2.24, 2.45) is 0 Å². The van der Waals surface area contributed by atoms with Crippen LogP contribution >= 0.6 is 0 Å². The average molecular weight is 329 g/mol. The van der Waals surface area contributed by atoms with Gasteiger partial charge in [-0.1, -0.05) is 12.1 Å². The van der Waals surface area contributed by atoms with Gasteiger partial charge >= 0.3 is 0 Å². The fourth-order valence-corrected chi connectivity index (χ4v) is 2.93. The Balaban J connectivity index is 1.56. The van der Waals surface area contributed by atoms with Crippen molar-refractivity contribution in [3.63, 3.8) is 0 Å². The normalized spacial score (nSPS) is 16.4. The van der Waals surface area contributed by atoms with Gasteiger partial charge in [-0.05, 0) is 19.1 Å². The number of nitrogens with zero attached hydrogens (tertiary/aromatic N) is 5. The highest BCUT2D eigenvalue weighted by Crippen LogP contribution is 2.32. The third kappa shape index (κ3) is 3.67. The molecule has 1 amide bonds. The number of anilines is 1. The molecule has 0 saturated carbocycles. The van der Waals surface area contributed by atoms with Gasteiger partial charge in [0.2, 0.25) is 5.91 Å². The lowest BCUT2D eigenvalue weighted by atomic mass is 10.1. The molecule has 0 aliphatic carbocycles. The zero-order valence-corrected chi connectivity index (χ0v) is 14.1. The number of aromatic nitrogens is 3. The number of para-hydroxylation sites is 2. The maximum absolute atomic E-state index is 12.3. The molecule has 0 N–H and O–H groups in total. The molecular formula is C17H23N5O2. The number of likely N-dealkylation sites (N-methyl/N-ethyl adjacent to an activating group) is 2. The van der Waals surface area contributed by atoms with Gasteiger partial charge in [0.25, 0.3) is 0 Å². The molecule has 2 heterocycles. The third-order valence-electron chi connectivity index (χ3n) is 4.23. The zero-order valence-electron chi connectivity index (χ0n) is 14.1. The van der Waals surface area contributed by atoms with Gasteiger partial charge in [0.1, 0.15) is 24.5 Å². The van der Waals surface area contributed by atoms with Crippen molar-refractivity contribution >= 4 is 11.6 Å². The smallest absolute Gasteiger partial charge is 0.224 e. The lowest BCUT2D eigenvalue weighted by molar-refractivity contribution is -0.131. The van der Waals surface area contributed by atoms with Crippen molar-refractivity contribution in [3.8, 4) is 5.75 Å². The Morgan fingerprint density at radius 3 is 3.00 bits per heavy atom. The van der Waals surface area contributed by atoms with Gasteiger partial charge in [0.15, 0.2) is 0 Å². The summed E-state index contributed by atoms with van der Waals surface area (Å²) in [5.41, 5.74) is 1.12. The first kappa shape index (κ1) is 16.3. The maximum atomic E-state index is 12.3. The summed E-state index contributed by atoms with van der Waals surface area (Å²) >= 11 is 0. The summed E-state index contributed by atoms with van der Waals surface area (Å²) in [5.74, 6) is 0.968. The van der Waals surface area contributed by atoms with E-state index in [2.05, 4.69) is 28.0 Å². The Bertz CT molecular complexity index is 673. The van der Waals surface area contributed by atoms with Crippen LogP contribution in [0, 0.1) is 0 Å². The van der Waals surface area contributed by atoms with Crippen LogP contribution in [0.15, 0.2) is 36.9 Å². The summed E-state index contributed by atoms with van der Waals surface area (Å²) in [5, 5.41) is 4.01. The van der Waals surface area contributed by atoms with E-state index in [9.17, 15) is 4.79 Å². The Kier molecular flexibility index (Phi) is 4.98. The van der Waals surface area contributed by atoms with Crippen LogP contribution in [0.25, 0.3) is 0 Å². The molecule has 0 bridgehead atoms. The molecular weight excluding hydrogens is 306 g/mol. The van der Waals surface area contributed by atoms with Crippen LogP contribution in [-0.2, 0) is 11.3 Å². The predicted octanol–water partition coefficient (Wildman–Crippen LogP) is 1.41. The van der Waals surface area contributed by atoms with E-state index in [1.165, 1.54) is 6.33 Å². The van der Waals surface area contributed by atoms with Crippen LogP contribution in [0.5, 0.6) is 5.75 Å². The van der Waals surface area contributed by atoms with Crippen molar-refractivity contribution in [1.82, 2.24) is 19.7 Å². The van der Waals surface area contributed by atoms with Gasteiger partial charge in [-0.15, -0.1) is 0 Å². The van der Waals surface area contributed by atoms with E-state index in [-0.39, 0.29) is 12.0 Å². The SMILES string of the molecule is CCN1CC(CN(C)C(=O)CCn2cncn2)Oc2ccccc21. The minimum Gasteiger partial charge on any atom is -0.485 e. The Morgan fingerprint density at radius 1 is 1.42 bits per heavy atom. The van der Waals surface area contributed by atoms with E-state index in [0.717, 1.165) is 24.5 Å². The van der Waals surface area contributed by atoms with Crippen LogP contribution in [-0.4, -0.2) is 58.4 Å². The minimum absolute atomic E-state index is 0.0276. The molecule has 1 aromatic carbocycles. The van der Waals surface area contributed by atoms with Crippen molar-refractivity contribution in [2.45, 2.75) is 26.0 Å². The number of hydrogen-bond acceptors (Lipinski definition) is 5. The average Bonchev–Trinajstić information content (AvgIpc) is 3.12. The number of amides is 1. The van der Waals surface area contributed by atoms with E-state index in [1.807, 2.05) is 25.2 Å². The van der Waals surface area contributed by atoms with Crippen LogP contribution in [0.2, 0.25) is 0 Å². The summed E-state index contributed by atoms with van der Waals surface area (Å²) < 4.78 is 7.74. The second kappa shape index (κ2) is 7.33. The van der Waals surface area contributed by atoms with Gasteiger partial charge in [-0.25, -0.2) is 4.98 Å². The lowest BCUT2D eigenvalue weighted by Gasteiger charge is -2.37. The highest BCUT2D eigenvalue weighted by Gasteiger charge is 2.26. The third-order valence-corrected chi connectivity index (χ3v) is 4.23. The molecule has 0 radical (unpaired) electrons. The standard InChI is InChI=1S/C17H23N5O2/c1-3-21-11-14(24-16-7-5-4-6-15(16)21)10-20(2)17(23)8-9-22-13-18-12-19-22/h4-7,12-14H,3,8-11H2,1-2H3. The summed E-state index contributed by atoms with van der Waals surface area (Å²) in [6.45, 7) is 4.95.